The molecule has 1 spiro atoms. The monoisotopic (exact) mass is 518 g/mol. The fourth-order valence-electron chi connectivity index (χ4n) is 9.65. The SMILES string of the molecule is CC1(C)OB(c2cccc3c2-c2cc4sc5ccccc5c4cc2C32C3CC4CC(C3)CC2C4)OC1(C)C. The van der Waals surface area contributed by atoms with Crippen molar-refractivity contribution in [2.45, 2.75) is 76.4 Å². The van der Waals surface area contributed by atoms with Crippen LogP contribution in [0.1, 0.15) is 70.9 Å². The average molecular weight is 519 g/mol. The van der Waals surface area contributed by atoms with Crippen molar-refractivity contribution in [2.24, 2.45) is 23.7 Å². The summed E-state index contributed by atoms with van der Waals surface area (Å²) in [6.45, 7) is 8.68. The normalized spacial score (nSPS) is 33.5. The Hall–Kier alpha value is -2.14. The highest BCUT2D eigenvalue weighted by Crippen LogP contribution is 2.69. The molecule has 1 aliphatic heterocycles. The maximum atomic E-state index is 6.70. The summed E-state index contributed by atoms with van der Waals surface area (Å²) >= 11 is 1.94. The van der Waals surface area contributed by atoms with Crippen LogP contribution in [-0.2, 0) is 14.7 Å². The van der Waals surface area contributed by atoms with Gasteiger partial charge in [0.15, 0.2) is 0 Å². The zero-order valence-corrected chi connectivity index (χ0v) is 23.7. The van der Waals surface area contributed by atoms with Crippen molar-refractivity contribution in [3.8, 4) is 11.1 Å². The van der Waals surface area contributed by atoms with E-state index in [4.69, 9.17) is 9.31 Å². The van der Waals surface area contributed by atoms with Gasteiger partial charge in [0, 0.05) is 25.6 Å². The van der Waals surface area contributed by atoms with Crippen LogP contribution in [0.25, 0.3) is 31.3 Å². The molecule has 192 valence electrons. The largest absolute Gasteiger partial charge is 0.495 e. The van der Waals surface area contributed by atoms with E-state index in [1.54, 1.807) is 11.1 Å². The molecule has 6 aliphatic rings. The van der Waals surface area contributed by atoms with E-state index in [-0.39, 0.29) is 23.7 Å². The van der Waals surface area contributed by atoms with Crippen molar-refractivity contribution in [1.82, 2.24) is 0 Å². The highest BCUT2D eigenvalue weighted by molar-refractivity contribution is 7.25. The number of hydrogen-bond donors (Lipinski definition) is 0. The number of hydrogen-bond acceptors (Lipinski definition) is 3. The molecule has 0 N–H and O–H groups in total. The zero-order valence-electron chi connectivity index (χ0n) is 22.8. The van der Waals surface area contributed by atoms with E-state index >= 15 is 0 Å². The molecule has 5 fully saturated rings. The second-order valence-corrected chi connectivity index (χ2v) is 15.1. The van der Waals surface area contributed by atoms with Crippen molar-refractivity contribution in [1.29, 1.82) is 0 Å². The van der Waals surface area contributed by atoms with Gasteiger partial charge in [0.2, 0.25) is 0 Å². The van der Waals surface area contributed by atoms with E-state index in [2.05, 4.69) is 82.3 Å². The minimum absolute atomic E-state index is 0.134. The van der Waals surface area contributed by atoms with Crippen LogP contribution in [0.15, 0.2) is 54.6 Å². The van der Waals surface area contributed by atoms with Crippen molar-refractivity contribution in [3.63, 3.8) is 0 Å². The molecule has 0 amide bonds. The molecule has 4 saturated carbocycles. The summed E-state index contributed by atoms with van der Waals surface area (Å²) < 4.78 is 16.2. The van der Waals surface area contributed by atoms with E-state index in [0.29, 0.717) is 0 Å². The molecule has 3 aromatic carbocycles. The standard InChI is InChI=1S/C34H35BO2S/c1-32(2)33(3,4)37-35(36-32)28-10-7-9-26-31(28)25-18-30-24(23-8-5-6-11-29(23)38-30)17-27(25)34(26)21-13-19-12-20(15-21)16-22(34)14-19/h5-11,17-22H,12-16H2,1-4H3. The Morgan fingerprint density at radius 3 is 2.11 bits per heavy atom. The third-order valence-electron chi connectivity index (χ3n) is 11.7. The first kappa shape index (κ1) is 22.7. The second kappa shape index (κ2) is 7.13. The second-order valence-electron chi connectivity index (χ2n) is 14.0. The van der Waals surface area contributed by atoms with Crippen LogP contribution in [0, 0.1) is 23.7 Å². The van der Waals surface area contributed by atoms with Gasteiger partial charge in [-0.1, -0.05) is 36.4 Å². The molecule has 0 unspecified atom stereocenters. The lowest BCUT2D eigenvalue weighted by Crippen LogP contribution is -2.55. The van der Waals surface area contributed by atoms with E-state index in [0.717, 1.165) is 23.7 Å². The van der Waals surface area contributed by atoms with Crippen molar-refractivity contribution >= 4 is 44.1 Å². The van der Waals surface area contributed by atoms with Gasteiger partial charge in [-0.15, -0.1) is 11.3 Å². The molecule has 2 nitrogen and oxygen atoms in total. The van der Waals surface area contributed by atoms with E-state index < -0.39 is 0 Å². The number of rotatable bonds is 1. The first-order chi connectivity index (χ1) is 18.3. The topological polar surface area (TPSA) is 18.5 Å². The molecule has 4 bridgehead atoms. The molecular formula is C34H35BO2S. The maximum absolute atomic E-state index is 6.70. The Morgan fingerprint density at radius 1 is 0.711 bits per heavy atom. The first-order valence-corrected chi connectivity index (χ1v) is 15.5. The van der Waals surface area contributed by atoms with Crippen LogP contribution < -0.4 is 5.46 Å². The van der Waals surface area contributed by atoms with Gasteiger partial charge < -0.3 is 9.31 Å². The van der Waals surface area contributed by atoms with Crippen LogP contribution in [0.3, 0.4) is 0 Å². The van der Waals surface area contributed by atoms with Gasteiger partial charge in [0.05, 0.1) is 11.2 Å². The highest BCUT2D eigenvalue weighted by atomic mass is 32.1. The lowest BCUT2D eigenvalue weighted by molar-refractivity contribution is -0.0398. The van der Waals surface area contributed by atoms with Gasteiger partial charge in [-0.05, 0) is 129 Å². The predicted octanol–water partition coefficient (Wildman–Crippen LogP) is 8.08. The summed E-state index contributed by atoms with van der Waals surface area (Å²) in [5.74, 6) is 3.37. The van der Waals surface area contributed by atoms with Crippen LogP contribution >= 0.6 is 11.3 Å². The third-order valence-corrected chi connectivity index (χ3v) is 12.8. The maximum Gasteiger partial charge on any atom is 0.495 e. The third kappa shape index (κ3) is 2.63. The molecular weight excluding hydrogens is 483 g/mol. The number of benzene rings is 3. The predicted molar refractivity (Wildman–Crippen MR) is 158 cm³/mol. The Balaban J connectivity index is 1.35. The van der Waals surface area contributed by atoms with E-state index in [1.807, 2.05) is 11.3 Å². The molecule has 1 aromatic heterocycles. The lowest BCUT2D eigenvalue weighted by Gasteiger charge is -2.61. The summed E-state index contributed by atoms with van der Waals surface area (Å²) in [7, 11) is -0.340. The van der Waals surface area contributed by atoms with Crippen molar-refractivity contribution in [2.75, 3.05) is 0 Å². The van der Waals surface area contributed by atoms with Gasteiger partial charge in [-0.3, -0.25) is 0 Å². The molecule has 38 heavy (non-hydrogen) atoms. The molecule has 2 heterocycles. The Kier molecular flexibility index (Phi) is 4.25. The van der Waals surface area contributed by atoms with Gasteiger partial charge in [-0.2, -0.15) is 0 Å². The highest BCUT2D eigenvalue weighted by Gasteiger charge is 2.62. The molecule has 0 atom stereocenters. The van der Waals surface area contributed by atoms with Crippen LogP contribution in [0.5, 0.6) is 0 Å². The van der Waals surface area contributed by atoms with Crippen LogP contribution in [-0.4, -0.2) is 18.3 Å². The van der Waals surface area contributed by atoms with Crippen LogP contribution in [0.4, 0.5) is 0 Å². The van der Waals surface area contributed by atoms with E-state index in [9.17, 15) is 0 Å². The number of fused-ring (bicyclic) bond motifs is 6. The summed E-state index contributed by atoms with van der Waals surface area (Å²) in [5.41, 5.74) is 6.74. The zero-order chi connectivity index (χ0) is 25.6. The fourth-order valence-corrected chi connectivity index (χ4v) is 10.8. The summed E-state index contributed by atoms with van der Waals surface area (Å²) in [6.07, 6.45) is 7.07. The minimum atomic E-state index is -0.350. The van der Waals surface area contributed by atoms with Gasteiger partial charge in [-0.25, -0.2) is 0 Å². The van der Waals surface area contributed by atoms with Crippen molar-refractivity contribution in [3.05, 3.63) is 65.7 Å². The molecule has 10 rings (SSSR count). The molecule has 0 radical (unpaired) electrons. The summed E-state index contributed by atoms with van der Waals surface area (Å²) in [6, 6.07) is 21.2. The molecule has 5 aliphatic carbocycles. The van der Waals surface area contributed by atoms with E-state index in [1.165, 1.54) is 68.9 Å². The van der Waals surface area contributed by atoms with Gasteiger partial charge in [0.25, 0.3) is 0 Å². The Labute approximate surface area is 229 Å². The smallest absolute Gasteiger partial charge is 0.399 e. The van der Waals surface area contributed by atoms with Gasteiger partial charge in [0.1, 0.15) is 0 Å². The Morgan fingerprint density at radius 2 is 1.39 bits per heavy atom. The van der Waals surface area contributed by atoms with Crippen LogP contribution in [0.2, 0.25) is 0 Å². The molecule has 1 saturated heterocycles. The summed E-state index contributed by atoms with van der Waals surface area (Å²) in [4.78, 5) is 0. The van der Waals surface area contributed by atoms with Crippen molar-refractivity contribution < 1.29 is 9.31 Å². The molecule has 4 aromatic rings. The lowest BCUT2D eigenvalue weighted by atomic mass is 9.43. The fraction of sp³-hybridized carbons (Fsp3) is 0.471. The minimum Gasteiger partial charge on any atom is -0.399 e. The molecule has 4 heteroatoms. The first-order valence-electron chi connectivity index (χ1n) is 14.7. The summed E-state index contributed by atoms with van der Waals surface area (Å²) in [5, 5.41) is 2.86. The van der Waals surface area contributed by atoms with Gasteiger partial charge >= 0.3 is 7.12 Å². The average Bonchev–Trinajstić information content (AvgIpc) is 3.45. The quantitative estimate of drug-likeness (QED) is 0.237. The Bertz CT molecular complexity index is 1620. The number of thiophene rings is 1.